The second-order valence-corrected chi connectivity index (χ2v) is 7.10. The number of aryl methyl sites for hydroxylation is 6. The first-order chi connectivity index (χ1) is 12.9. The van der Waals surface area contributed by atoms with E-state index in [1.165, 1.54) is 18.2 Å². The third-order valence-corrected chi connectivity index (χ3v) is 4.93. The van der Waals surface area contributed by atoms with E-state index in [-0.39, 0.29) is 17.5 Å². The molecular weight excluding hydrogens is 345 g/mol. The molecule has 0 nitrogen and oxygen atoms in total. The Morgan fingerprint density at radius 3 is 1.63 bits per heavy atom. The quantitative estimate of drug-likeness (QED) is 0.479. The van der Waals surface area contributed by atoms with Crippen molar-refractivity contribution < 1.29 is 13.2 Å². The van der Waals surface area contributed by atoms with Crippen LogP contribution in [0.3, 0.4) is 0 Å². The van der Waals surface area contributed by atoms with Crippen LogP contribution in [0, 0.1) is 31.3 Å². The third kappa shape index (κ3) is 5.00. The topological polar surface area (TPSA) is 0 Å². The Hall–Kier alpha value is -2.55. The molecule has 0 atom stereocenters. The average Bonchev–Trinajstić information content (AvgIpc) is 2.63. The van der Waals surface area contributed by atoms with E-state index < -0.39 is 0 Å². The molecule has 3 aromatic rings. The van der Waals surface area contributed by atoms with Gasteiger partial charge in [-0.25, -0.2) is 13.2 Å². The summed E-state index contributed by atoms with van der Waals surface area (Å²) in [6, 6.07) is 15.5. The largest absolute Gasteiger partial charge is 0.207 e. The molecule has 0 saturated carbocycles. The van der Waals surface area contributed by atoms with E-state index in [4.69, 9.17) is 0 Å². The summed E-state index contributed by atoms with van der Waals surface area (Å²) in [7, 11) is 0. The lowest BCUT2D eigenvalue weighted by Gasteiger charge is -2.08. The fraction of sp³-hybridized carbons (Fsp3) is 0.250. The van der Waals surface area contributed by atoms with Crippen molar-refractivity contribution in [2.24, 2.45) is 0 Å². The molecule has 0 N–H and O–H groups in total. The van der Waals surface area contributed by atoms with Crippen molar-refractivity contribution in [2.75, 3.05) is 0 Å². The highest BCUT2D eigenvalue weighted by Gasteiger charge is 2.08. The molecular formula is C24H23F3. The van der Waals surface area contributed by atoms with Gasteiger partial charge in [0.1, 0.15) is 17.5 Å². The van der Waals surface area contributed by atoms with Gasteiger partial charge in [-0.2, -0.15) is 0 Å². The maximum Gasteiger partial charge on any atom is 0.126 e. The first kappa shape index (κ1) is 19.2. The molecule has 0 heterocycles. The lowest BCUT2D eigenvalue weighted by molar-refractivity contribution is 0.601. The van der Waals surface area contributed by atoms with Crippen LogP contribution in [0.4, 0.5) is 13.2 Å². The summed E-state index contributed by atoms with van der Waals surface area (Å²) in [5.74, 6) is -0.700. The Bertz CT molecular complexity index is 944. The van der Waals surface area contributed by atoms with E-state index in [1.54, 1.807) is 25.1 Å². The van der Waals surface area contributed by atoms with Gasteiger partial charge in [-0.15, -0.1) is 0 Å². The molecule has 0 unspecified atom stereocenters. The number of hydrogen-bond acceptors (Lipinski definition) is 0. The monoisotopic (exact) mass is 368 g/mol. The van der Waals surface area contributed by atoms with Gasteiger partial charge in [0.25, 0.3) is 0 Å². The highest BCUT2D eigenvalue weighted by molar-refractivity contribution is 5.29. The van der Waals surface area contributed by atoms with Crippen LogP contribution >= 0.6 is 0 Å². The standard InChI is InChI=1S/C24H23F3/c1-16-3-9-20(23(26)13-16)10-7-19-8-12-21(24(27)15-19)11-6-18-5-4-17(2)22(25)14-18/h3-5,8-9,12-15H,6-7,10-11H2,1-2H3. The van der Waals surface area contributed by atoms with Crippen molar-refractivity contribution in [1.82, 2.24) is 0 Å². The first-order valence-electron chi connectivity index (χ1n) is 9.20. The Morgan fingerprint density at radius 2 is 1.07 bits per heavy atom. The molecule has 0 aliphatic rings. The van der Waals surface area contributed by atoms with Gasteiger partial charge in [0.05, 0.1) is 0 Å². The molecule has 0 saturated heterocycles. The van der Waals surface area contributed by atoms with Gasteiger partial charge < -0.3 is 0 Å². The fourth-order valence-electron chi connectivity index (χ4n) is 3.15. The van der Waals surface area contributed by atoms with Crippen molar-refractivity contribution in [3.63, 3.8) is 0 Å². The smallest absolute Gasteiger partial charge is 0.126 e. The van der Waals surface area contributed by atoms with Crippen LogP contribution in [0.1, 0.15) is 33.4 Å². The van der Waals surface area contributed by atoms with Gasteiger partial charge in [-0.3, -0.25) is 0 Å². The highest BCUT2D eigenvalue weighted by Crippen LogP contribution is 2.18. The van der Waals surface area contributed by atoms with E-state index >= 15 is 0 Å². The predicted octanol–water partition coefficient (Wildman–Crippen LogP) is 6.29. The maximum atomic E-state index is 14.4. The minimum absolute atomic E-state index is 0.211. The summed E-state index contributed by atoms with van der Waals surface area (Å²) < 4.78 is 41.9. The van der Waals surface area contributed by atoms with E-state index in [9.17, 15) is 13.2 Å². The summed E-state index contributed by atoms with van der Waals surface area (Å²) in [6.45, 7) is 3.58. The molecule has 3 rings (SSSR count). The molecule has 0 fully saturated rings. The zero-order valence-electron chi connectivity index (χ0n) is 15.7. The normalized spacial score (nSPS) is 11.0. The van der Waals surface area contributed by atoms with Crippen LogP contribution in [-0.2, 0) is 25.7 Å². The van der Waals surface area contributed by atoms with E-state index in [2.05, 4.69) is 0 Å². The molecule has 0 aliphatic carbocycles. The number of hydrogen-bond donors (Lipinski definition) is 0. The van der Waals surface area contributed by atoms with E-state index in [0.29, 0.717) is 42.4 Å². The van der Waals surface area contributed by atoms with Crippen molar-refractivity contribution in [3.05, 3.63) is 105 Å². The van der Waals surface area contributed by atoms with Gasteiger partial charge in [0.15, 0.2) is 0 Å². The van der Waals surface area contributed by atoms with Crippen molar-refractivity contribution in [2.45, 2.75) is 39.5 Å². The molecule has 3 heteroatoms. The number of rotatable bonds is 6. The van der Waals surface area contributed by atoms with Crippen LogP contribution in [0.15, 0.2) is 54.6 Å². The highest BCUT2D eigenvalue weighted by atomic mass is 19.1. The Morgan fingerprint density at radius 1 is 0.556 bits per heavy atom. The van der Waals surface area contributed by atoms with Gasteiger partial charge >= 0.3 is 0 Å². The number of benzene rings is 3. The lowest BCUT2D eigenvalue weighted by Crippen LogP contribution is -1.99. The van der Waals surface area contributed by atoms with E-state index in [0.717, 1.165) is 16.7 Å². The summed E-state index contributed by atoms with van der Waals surface area (Å²) in [5, 5.41) is 0. The van der Waals surface area contributed by atoms with Crippen LogP contribution in [0.5, 0.6) is 0 Å². The molecule has 0 aromatic heterocycles. The van der Waals surface area contributed by atoms with Gasteiger partial charge in [-0.05, 0) is 91.1 Å². The first-order valence-corrected chi connectivity index (χ1v) is 9.20. The van der Waals surface area contributed by atoms with Crippen LogP contribution in [0.25, 0.3) is 0 Å². The van der Waals surface area contributed by atoms with Gasteiger partial charge in [0, 0.05) is 0 Å². The minimum atomic E-state index is -0.260. The number of halogens is 3. The zero-order valence-corrected chi connectivity index (χ0v) is 15.7. The second kappa shape index (κ2) is 8.43. The van der Waals surface area contributed by atoms with Gasteiger partial charge in [0.2, 0.25) is 0 Å². The average molecular weight is 368 g/mol. The summed E-state index contributed by atoms with van der Waals surface area (Å²) >= 11 is 0. The van der Waals surface area contributed by atoms with Gasteiger partial charge in [-0.1, -0.05) is 36.4 Å². The van der Waals surface area contributed by atoms with E-state index in [1.807, 2.05) is 25.1 Å². The van der Waals surface area contributed by atoms with Crippen molar-refractivity contribution in [3.8, 4) is 0 Å². The Balaban J connectivity index is 1.62. The van der Waals surface area contributed by atoms with Crippen molar-refractivity contribution in [1.29, 1.82) is 0 Å². The van der Waals surface area contributed by atoms with Crippen LogP contribution < -0.4 is 0 Å². The van der Waals surface area contributed by atoms with Crippen LogP contribution in [-0.4, -0.2) is 0 Å². The fourth-order valence-corrected chi connectivity index (χ4v) is 3.15. The second-order valence-electron chi connectivity index (χ2n) is 7.10. The summed E-state index contributed by atoms with van der Waals surface area (Å²) in [5.41, 5.74) is 4.46. The molecule has 0 aliphatic heterocycles. The minimum Gasteiger partial charge on any atom is -0.207 e. The van der Waals surface area contributed by atoms with Crippen LogP contribution in [0.2, 0.25) is 0 Å². The molecule has 0 radical (unpaired) electrons. The predicted molar refractivity (Wildman–Crippen MR) is 103 cm³/mol. The molecule has 140 valence electrons. The van der Waals surface area contributed by atoms with Crippen molar-refractivity contribution >= 4 is 0 Å². The third-order valence-electron chi connectivity index (χ3n) is 4.93. The molecule has 3 aromatic carbocycles. The molecule has 0 spiro atoms. The lowest BCUT2D eigenvalue weighted by atomic mass is 9.99. The molecule has 0 bridgehead atoms. The Kier molecular flexibility index (Phi) is 6.00. The molecule has 27 heavy (non-hydrogen) atoms. The summed E-state index contributed by atoms with van der Waals surface area (Å²) in [6.07, 6.45) is 2.22. The zero-order chi connectivity index (χ0) is 19.4. The summed E-state index contributed by atoms with van der Waals surface area (Å²) in [4.78, 5) is 0. The Labute approximate surface area is 158 Å². The maximum absolute atomic E-state index is 14.4. The SMILES string of the molecule is Cc1ccc(CCc2ccc(CCc3ccc(C)c(F)c3)c(F)c2)c(F)c1. The molecule has 0 amide bonds.